The summed E-state index contributed by atoms with van der Waals surface area (Å²) in [4.78, 5) is 4.49. The number of pyridine rings is 1. The first kappa shape index (κ1) is 25.6. The molecule has 3 aromatic rings. The lowest BCUT2D eigenvalue weighted by molar-refractivity contribution is -0.0505. The Hall–Kier alpha value is -2.70. The standard InChI is InChI=1S/C21H26F2N6O2.HI/c1-3-11-30-16-9-8-15(17(12-16)31-20(22)23)13-25-21(24-4-2)26-14-19-28-27-18-7-5-6-10-29(18)19;/h5-10,12,20H,3-4,11,13-14H2,1-2H3,(H2,24,25,26);1H. The molecule has 0 fully saturated rings. The van der Waals surface area contributed by atoms with Crippen LogP contribution < -0.4 is 20.1 Å². The molecule has 0 amide bonds. The summed E-state index contributed by atoms with van der Waals surface area (Å²) in [6, 6.07) is 10.5. The van der Waals surface area contributed by atoms with Gasteiger partial charge in [0, 0.05) is 24.4 Å². The van der Waals surface area contributed by atoms with Crippen molar-refractivity contribution in [2.45, 2.75) is 40.0 Å². The monoisotopic (exact) mass is 560 g/mol. The summed E-state index contributed by atoms with van der Waals surface area (Å²) in [5, 5.41) is 14.6. The van der Waals surface area contributed by atoms with Crippen LogP contribution in [0.25, 0.3) is 5.65 Å². The lowest BCUT2D eigenvalue weighted by Gasteiger charge is -2.14. The molecular formula is C21H27F2IN6O2. The summed E-state index contributed by atoms with van der Waals surface area (Å²) in [6.07, 6.45) is 2.70. The second kappa shape index (κ2) is 13.0. The third-order valence-electron chi connectivity index (χ3n) is 4.28. The molecule has 32 heavy (non-hydrogen) atoms. The second-order valence-corrected chi connectivity index (χ2v) is 6.59. The highest BCUT2D eigenvalue weighted by atomic mass is 127. The fraction of sp³-hybridized carbons (Fsp3) is 0.381. The number of aliphatic imine (C=N–C) groups is 1. The summed E-state index contributed by atoms with van der Waals surface area (Å²) in [7, 11) is 0. The lowest BCUT2D eigenvalue weighted by atomic mass is 10.2. The molecule has 8 nitrogen and oxygen atoms in total. The predicted molar refractivity (Wildman–Crippen MR) is 129 cm³/mol. The zero-order chi connectivity index (χ0) is 22.1. The molecule has 0 unspecified atom stereocenters. The third-order valence-corrected chi connectivity index (χ3v) is 4.28. The minimum atomic E-state index is -2.93. The van der Waals surface area contributed by atoms with Crippen LogP contribution in [-0.4, -0.2) is 40.3 Å². The lowest BCUT2D eigenvalue weighted by Crippen LogP contribution is -2.37. The van der Waals surface area contributed by atoms with Gasteiger partial charge in [0.05, 0.1) is 19.7 Å². The van der Waals surface area contributed by atoms with Crippen molar-refractivity contribution < 1.29 is 18.3 Å². The predicted octanol–water partition coefficient (Wildman–Crippen LogP) is 3.99. The Kier molecular flexibility index (Phi) is 10.4. The van der Waals surface area contributed by atoms with Crippen LogP contribution in [0.1, 0.15) is 31.7 Å². The minimum absolute atomic E-state index is 0. The zero-order valence-electron chi connectivity index (χ0n) is 17.9. The second-order valence-electron chi connectivity index (χ2n) is 6.59. The molecule has 0 bridgehead atoms. The van der Waals surface area contributed by atoms with Gasteiger partial charge < -0.3 is 20.1 Å². The number of guanidine groups is 1. The number of aromatic nitrogens is 3. The van der Waals surface area contributed by atoms with Gasteiger partial charge >= 0.3 is 6.61 Å². The van der Waals surface area contributed by atoms with Gasteiger partial charge in [-0.3, -0.25) is 4.40 Å². The maximum Gasteiger partial charge on any atom is 0.387 e. The number of halogens is 3. The van der Waals surface area contributed by atoms with E-state index in [2.05, 4.69) is 30.6 Å². The van der Waals surface area contributed by atoms with E-state index in [4.69, 9.17) is 4.74 Å². The number of nitrogens with one attached hydrogen (secondary N) is 2. The first-order valence-corrected chi connectivity index (χ1v) is 10.1. The third kappa shape index (κ3) is 7.18. The first-order valence-electron chi connectivity index (χ1n) is 10.1. The molecule has 0 spiro atoms. The van der Waals surface area contributed by atoms with E-state index in [1.54, 1.807) is 12.1 Å². The summed E-state index contributed by atoms with van der Waals surface area (Å²) in [6.45, 7) is 2.64. The summed E-state index contributed by atoms with van der Waals surface area (Å²) in [5.41, 5.74) is 1.27. The molecule has 0 radical (unpaired) electrons. The van der Waals surface area contributed by atoms with Crippen molar-refractivity contribution in [2.24, 2.45) is 4.99 Å². The van der Waals surface area contributed by atoms with Crippen molar-refractivity contribution in [3.05, 3.63) is 54.0 Å². The van der Waals surface area contributed by atoms with Gasteiger partial charge in [-0.15, -0.1) is 34.2 Å². The Morgan fingerprint density at radius 2 is 2.00 bits per heavy atom. The first-order chi connectivity index (χ1) is 15.1. The van der Waals surface area contributed by atoms with Crippen LogP contribution >= 0.6 is 24.0 Å². The molecule has 2 aromatic heterocycles. The van der Waals surface area contributed by atoms with Crippen LogP contribution in [0.4, 0.5) is 8.78 Å². The molecule has 3 rings (SSSR count). The highest BCUT2D eigenvalue weighted by molar-refractivity contribution is 14.0. The molecule has 0 saturated heterocycles. The van der Waals surface area contributed by atoms with Crippen LogP contribution in [0.3, 0.4) is 0 Å². The summed E-state index contributed by atoms with van der Waals surface area (Å²) >= 11 is 0. The summed E-state index contributed by atoms with van der Waals surface area (Å²) < 4.78 is 37.8. The van der Waals surface area contributed by atoms with E-state index in [1.165, 1.54) is 6.07 Å². The van der Waals surface area contributed by atoms with Crippen molar-refractivity contribution in [2.75, 3.05) is 13.2 Å². The number of ether oxygens (including phenoxy) is 2. The summed E-state index contributed by atoms with van der Waals surface area (Å²) in [5.74, 6) is 1.77. The maximum absolute atomic E-state index is 12.9. The van der Waals surface area contributed by atoms with Gasteiger partial charge in [-0.25, -0.2) is 4.99 Å². The van der Waals surface area contributed by atoms with Crippen molar-refractivity contribution in [1.82, 2.24) is 25.2 Å². The quantitative estimate of drug-likeness (QED) is 0.222. The number of hydrogen-bond acceptors (Lipinski definition) is 5. The highest BCUT2D eigenvalue weighted by Crippen LogP contribution is 2.27. The van der Waals surface area contributed by atoms with Crippen LogP contribution in [0, 0.1) is 0 Å². The van der Waals surface area contributed by atoms with E-state index in [9.17, 15) is 8.78 Å². The number of hydrogen-bond donors (Lipinski definition) is 2. The molecule has 174 valence electrons. The Morgan fingerprint density at radius 1 is 1.16 bits per heavy atom. The molecule has 0 saturated carbocycles. The van der Waals surface area contributed by atoms with Gasteiger partial charge in [-0.2, -0.15) is 8.78 Å². The molecular weight excluding hydrogens is 533 g/mol. The fourth-order valence-corrected chi connectivity index (χ4v) is 2.86. The Labute approximate surface area is 202 Å². The number of alkyl halides is 2. The van der Waals surface area contributed by atoms with E-state index in [1.807, 2.05) is 42.6 Å². The Balaban J connectivity index is 0.00000363. The zero-order valence-corrected chi connectivity index (χ0v) is 20.3. The highest BCUT2D eigenvalue weighted by Gasteiger charge is 2.12. The number of nitrogens with zero attached hydrogens (tertiary/aromatic N) is 4. The molecule has 0 aliphatic carbocycles. The van der Waals surface area contributed by atoms with E-state index in [-0.39, 0.29) is 36.3 Å². The van der Waals surface area contributed by atoms with E-state index in [0.29, 0.717) is 37.0 Å². The molecule has 11 heteroatoms. The van der Waals surface area contributed by atoms with Crippen LogP contribution in [0.2, 0.25) is 0 Å². The molecule has 2 N–H and O–H groups in total. The van der Waals surface area contributed by atoms with Crippen molar-refractivity contribution >= 4 is 35.6 Å². The van der Waals surface area contributed by atoms with Crippen molar-refractivity contribution in [3.8, 4) is 11.5 Å². The van der Waals surface area contributed by atoms with E-state index in [0.717, 1.165) is 17.9 Å². The SMILES string of the molecule is CCCOc1ccc(CN=C(NCC)NCc2nnc3ccccn23)c(OC(F)F)c1.I. The van der Waals surface area contributed by atoms with Gasteiger partial charge in [0.15, 0.2) is 17.4 Å². The maximum atomic E-state index is 12.9. The Bertz CT molecular complexity index is 1010. The minimum Gasteiger partial charge on any atom is -0.493 e. The average molecular weight is 560 g/mol. The van der Waals surface area contributed by atoms with Gasteiger partial charge in [0.25, 0.3) is 0 Å². The molecule has 0 atom stereocenters. The smallest absolute Gasteiger partial charge is 0.387 e. The molecule has 0 aliphatic rings. The van der Waals surface area contributed by atoms with Crippen molar-refractivity contribution in [1.29, 1.82) is 0 Å². The molecule has 0 aliphatic heterocycles. The fourth-order valence-electron chi connectivity index (χ4n) is 2.86. The normalized spacial score (nSPS) is 11.3. The Morgan fingerprint density at radius 3 is 2.75 bits per heavy atom. The van der Waals surface area contributed by atoms with Gasteiger partial charge in [0.2, 0.25) is 0 Å². The number of rotatable bonds is 10. The van der Waals surface area contributed by atoms with Crippen LogP contribution in [-0.2, 0) is 13.1 Å². The molecule has 1 aromatic carbocycles. The van der Waals surface area contributed by atoms with Gasteiger partial charge in [-0.05, 0) is 37.6 Å². The molecule has 2 heterocycles. The van der Waals surface area contributed by atoms with E-state index >= 15 is 0 Å². The number of fused-ring (bicyclic) bond motifs is 1. The van der Waals surface area contributed by atoms with E-state index < -0.39 is 6.61 Å². The van der Waals surface area contributed by atoms with Crippen LogP contribution in [0.5, 0.6) is 11.5 Å². The largest absolute Gasteiger partial charge is 0.493 e. The topological polar surface area (TPSA) is 85.1 Å². The van der Waals surface area contributed by atoms with Crippen molar-refractivity contribution in [3.63, 3.8) is 0 Å². The number of benzene rings is 1. The van der Waals surface area contributed by atoms with Crippen LogP contribution in [0.15, 0.2) is 47.6 Å². The van der Waals surface area contributed by atoms with Gasteiger partial charge in [-0.1, -0.05) is 13.0 Å². The van der Waals surface area contributed by atoms with Gasteiger partial charge in [0.1, 0.15) is 11.5 Å². The average Bonchev–Trinajstić information content (AvgIpc) is 3.18.